The van der Waals surface area contributed by atoms with Gasteiger partial charge in [-0.05, 0) is 6.42 Å². The van der Waals surface area contributed by atoms with Crippen molar-refractivity contribution < 1.29 is 19.1 Å². The summed E-state index contributed by atoms with van der Waals surface area (Å²) in [7, 11) is 2.88. The third-order valence-corrected chi connectivity index (χ3v) is 1.74. The summed E-state index contributed by atoms with van der Waals surface area (Å²) in [5.74, 6) is -0.222. The lowest BCUT2D eigenvalue weighted by Gasteiger charge is -2.17. The van der Waals surface area contributed by atoms with Crippen molar-refractivity contribution in [3.63, 3.8) is 0 Å². The third kappa shape index (κ3) is 5.05. The van der Waals surface area contributed by atoms with Crippen LogP contribution in [0.25, 0.3) is 0 Å². The Bertz CT molecular complexity index is 250. The number of nitrogens with zero attached hydrogens (tertiary/aromatic N) is 1. The molecule has 0 aromatic heterocycles. The molecule has 1 amide bonds. The molecule has 0 saturated carbocycles. The minimum absolute atomic E-state index is 0.139. The number of methoxy groups -OCH3 is 1. The lowest BCUT2D eigenvalue weighted by atomic mass is 10.3. The Morgan fingerprint density at radius 3 is 2.47 bits per heavy atom. The Kier molecular flexibility index (Phi) is 6.17. The maximum Gasteiger partial charge on any atom is 0.508 e. The Morgan fingerprint density at radius 1 is 1.40 bits per heavy atom. The van der Waals surface area contributed by atoms with Gasteiger partial charge in [-0.25, -0.2) is 4.79 Å². The summed E-state index contributed by atoms with van der Waals surface area (Å²) in [4.78, 5) is 23.7. The van der Waals surface area contributed by atoms with E-state index in [1.807, 2.05) is 6.92 Å². The topological polar surface area (TPSA) is 55.8 Å². The number of rotatable bonds is 5. The van der Waals surface area contributed by atoms with Crippen molar-refractivity contribution in [2.75, 3.05) is 27.3 Å². The predicted molar refractivity (Wildman–Crippen MR) is 55.4 cm³/mol. The predicted octanol–water partition coefficient (Wildman–Crippen LogP) is 1.19. The number of likely N-dealkylation sites (N-methyl/N-ethyl adjacent to an activating group) is 1. The zero-order chi connectivity index (χ0) is 11.8. The second-order valence-electron chi connectivity index (χ2n) is 3.07. The molecule has 15 heavy (non-hydrogen) atoms. The van der Waals surface area contributed by atoms with Gasteiger partial charge in [-0.2, -0.15) is 0 Å². The van der Waals surface area contributed by atoms with Gasteiger partial charge < -0.3 is 14.4 Å². The summed E-state index contributed by atoms with van der Waals surface area (Å²) in [5.41, 5.74) is 0.233. The molecule has 0 aromatic carbocycles. The van der Waals surface area contributed by atoms with Crippen LogP contribution in [0.1, 0.15) is 13.3 Å². The first-order valence-corrected chi connectivity index (χ1v) is 4.66. The molecule has 0 N–H and O–H groups in total. The fraction of sp³-hybridized carbons (Fsp3) is 0.600. The van der Waals surface area contributed by atoms with Crippen LogP contribution in [0.3, 0.4) is 0 Å². The maximum absolute atomic E-state index is 11.5. The summed E-state index contributed by atoms with van der Waals surface area (Å²) >= 11 is 0. The van der Waals surface area contributed by atoms with Gasteiger partial charge in [-0.1, -0.05) is 13.5 Å². The van der Waals surface area contributed by atoms with E-state index in [9.17, 15) is 9.59 Å². The van der Waals surface area contributed by atoms with Crippen LogP contribution in [-0.4, -0.2) is 44.3 Å². The molecule has 0 unspecified atom stereocenters. The normalized spacial score (nSPS) is 9.27. The molecule has 0 aliphatic heterocycles. The fourth-order valence-electron chi connectivity index (χ4n) is 0.974. The summed E-state index contributed by atoms with van der Waals surface area (Å²) in [5, 5.41) is 0. The monoisotopic (exact) mass is 215 g/mol. The Morgan fingerprint density at radius 2 is 2.00 bits per heavy atom. The number of ether oxygens (including phenoxy) is 2. The molecule has 0 heterocycles. The van der Waals surface area contributed by atoms with Gasteiger partial charge in [-0.15, -0.1) is 0 Å². The van der Waals surface area contributed by atoms with Gasteiger partial charge in [0, 0.05) is 19.2 Å². The van der Waals surface area contributed by atoms with Gasteiger partial charge in [0.25, 0.3) is 5.91 Å². The van der Waals surface area contributed by atoms with Crippen molar-refractivity contribution in [1.29, 1.82) is 0 Å². The lowest BCUT2D eigenvalue weighted by Crippen LogP contribution is -2.30. The summed E-state index contributed by atoms with van der Waals surface area (Å²) < 4.78 is 8.86. The largest absolute Gasteiger partial charge is 0.508 e. The number of hydrogen-bond donors (Lipinski definition) is 0. The zero-order valence-electron chi connectivity index (χ0n) is 9.41. The summed E-state index contributed by atoms with van der Waals surface area (Å²) in [6.45, 7) is 6.02. The third-order valence-electron chi connectivity index (χ3n) is 1.74. The van der Waals surface area contributed by atoms with Gasteiger partial charge in [0.15, 0.2) is 0 Å². The van der Waals surface area contributed by atoms with E-state index in [2.05, 4.69) is 16.1 Å². The highest BCUT2D eigenvalue weighted by Crippen LogP contribution is 2.00. The van der Waals surface area contributed by atoms with Gasteiger partial charge in [0.1, 0.15) is 6.61 Å². The minimum Gasteiger partial charge on any atom is -0.438 e. The quantitative estimate of drug-likeness (QED) is 0.510. The fourth-order valence-corrected chi connectivity index (χ4v) is 0.974. The molecule has 0 aromatic rings. The molecule has 0 atom stereocenters. The molecule has 0 radical (unpaired) electrons. The lowest BCUT2D eigenvalue weighted by molar-refractivity contribution is -0.126. The van der Waals surface area contributed by atoms with Crippen LogP contribution >= 0.6 is 0 Å². The Labute approximate surface area is 89.6 Å². The average Bonchev–Trinajstić information content (AvgIpc) is 2.24. The molecule has 0 spiro atoms. The average molecular weight is 215 g/mol. The SMILES string of the molecule is C=C(COC(=O)OC)C(=O)N(C)CCC. The highest BCUT2D eigenvalue weighted by molar-refractivity contribution is 5.93. The molecule has 0 bridgehead atoms. The molecule has 0 aliphatic carbocycles. The van der Waals surface area contributed by atoms with E-state index in [4.69, 9.17) is 0 Å². The van der Waals surface area contributed by atoms with E-state index in [0.717, 1.165) is 6.42 Å². The summed E-state index contributed by atoms with van der Waals surface area (Å²) in [6.07, 6.45) is 0.0509. The van der Waals surface area contributed by atoms with E-state index >= 15 is 0 Å². The first-order chi connectivity index (χ1) is 7.02. The van der Waals surface area contributed by atoms with Crippen LogP contribution < -0.4 is 0 Å². The van der Waals surface area contributed by atoms with Crippen molar-refractivity contribution in [1.82, 2.24) is 4.90 Å². The molecule has 86 valence electrons. The van der Waals surface area contributed by atoms with Crippen molar-refractivity contribution in [2.24, 2.45) is 0 Å². The standard InChI is InChI=1S/C10H17NO4/c1-5-6-11(3)9(12)8(2)7-15-10(13)14-4/h2,5-7H2,1,3-4H3. The first kappa shape index (κ1) is 13.5. The molecule has 0 rings (SSSR count). The number of carbonyl (C=O) groups is 2. The maximum atomic E-state index is 11.5. The van der Waals surface area contributed by atoms with Crippen molar-refractivity contribution in [3.05, 3.63) is 12.2 Å². The van der Waals surface area contributed by atoms with Gasteiger partial charge in [-0.3, -0.25) is 4.79 Å². The molecule has 5 nitrogen and oxygen atoms in total. The van der Waals surface area contributed by atoms with E-state index < -0.39 is 6.16 Å². The van der Waals surface area contributed by atoms with Gasteiger partial charge >= 0.3 is 6.16 Å². The van der Waals surface area contributed by atoms with E-state index in [0.29, 0.717) is 6.54 Å². The molecule has 0 saturated heterocycles. The Balaban J connectivity index is 3.99. The van der Waals surface area contributed by atoms with Crippen LogP contribution in [0.4, 0.5) is 4.79 Å². The van der Waals surface area contributed by atoms with Crippen molar-refractivity contribution >= 4 is 12.1 Å². The molecule has 5 heteroatoms. The van der Waals surface area contributed by atoms with Crippen LogP contribution in [0.15, 0.2) is 12.2 Å². The van der Waals surface area contributed by atoms with Crippen molar-refractivity contribution in [2.45, 2.75) is 13.3 Å². The zero-order valence-corrected chi connectivity index (χ0v) is 9.41. The van der Waals surface area contributed by atoms with E-state index in [1.165, 1.54) is 12.0 Å². The van der Waals surface area contributed by atoms with E-state index in [1.54, 1.807) is 7.05 Å². The highest BCUT2D eigenvalue weighted by atomic mass is 16.7. The van der Waals surface area contributed by atoms with E-state index in [-0.39, 0.29) is 18.1 Å². The van der Waals surface area contributed by atoms with Crippen molar-refractivity contribution in [3.8, 4) is 0 Å². The summed E-state index contributed by atoms with van der Waals surface area (Å²) in [6, 6.07) is 0. The van der Waals surface area contributed by atoms with Crippen LogP contribution in [0.2, 0.25) is 0 Å². The Hall–Kier alpha value is -1.52. The second kappa shape index (κ2) is 6.86. The van der Waals surface area contributed by atoms with Crippen LogP contribution in [0, 0.1) is 0 Å². The second-order valence-corrected chi connectivity index (χ2v) is 3.07. The first-order valence-electron chi connectivity index (χ1n) is 4.66. The van der Waals surface area contributed by atoms with Crippen LogP contribution in [-0.2, 0) is 14.3 Å². The minimum atomic E-state index is -0.818. The molecular weight excluding hydrogens is 198 g/mol. The molecule has 0 fully saturated rings. The number of amides is 1. The smallest absolute Gasteiger partial charge is 0.438 e. The van der Waals surface area contributed by atoms with Crippen LogP contribution in [0.5, 0.6) is 0 Å². The number of hydrogen-bond acceptors (Lipinski definition) is 4. The molecule has 0 aliphatic rings. The van der Waals surface area contributed by atoms with Gasteiger partial charge in [0.05, 0.1) is 7.11 Å². The number of carbonyl (C=O) groups excluding carboxylic acids is 2. The van der Waals surface area contributed by atoms with Gasteiger partial charge in [0.2, 0.25) is 0 Å². The highest BCUT2D eigenvalue weighted by Gasteiger charge is 2.13. The molecular formula is C10H17NO4.